The Kier molecular flexibility index (Phi) is 4.52. The Morgan fingerprint density at radius 3 is 2.56 bits per heavy atom. The maximum atomic E-state index is 11.5. The van der Waals surface area contributed by atoms with Crippen LogP contribution in [0.3, 0.4) is 0 Å². The summed E-state index contributed by atoms with van der Waals surface area (Å²) >= 11 is 0.472. The molecule has 4 nitrogen and oxygen atoms in total. The molecule has 0 aliphatic rings. The summed E-state index contributed by atoms with van der Waals surface area (Å²) in [6, 6.07) is 6.32. The number of nitrogens with zero attached hydrogens (tertiary/aromatic N) is 1. The predicted octanol–water partition coefficient (Wildman–Crippen LogP) is 1.05. The Bertz CT molecular complexity index is 513. The van der Waals surface area contributed by atoms with Crippen molar-refractivity contribution < 1.29 is 8.42 Å². The van der Waals surface area contributed by atoms with Crippen molar-refractivity contribution in [1.82, 2.24) is 0 Å². The topological polar surface area (TPSA) is 58.5 Å². The maximum Gasteiger partial charge on any atom is 0.287 e. The summed E-state index contributed by atoms with van der Waals surface area (Å²) < 4.78 is 26.6. The van der Waals surface area contributed by atoms with Gasteiger partial charge in [-0.25, -0.2) is 0 Å². The summed E-state index contributed by atoms with van der Waals surface area (Å²) in [5.41, 5.74) is 0.783. The number of terminal acetylenes is 1. The average molecular weight is 256 g/mol. The lowest BCUT2D eigenvalue weighted by molar-refractivity contribution is 0.598. The number of benzene rings is 1. The minimum Gasteiger partial charge on any atom is -0.374 e. The molecule has 0 amide bonds. The van der Waals surface area contributed by atoms with Crippen LogP contribution in [-0.2, 0) is 21.6 Å². The van der Waals surface area contributed by atoms with E-state index in [-0.39, 0.29) is 4.90 Å². The van der Waals surface area contributed by atoms with Gasteiger partial charge in [-0.15, -0.1) is 10.2 Å². The first-order valence-electron chi connectivity index (χ1n) is 4.43. The molecule has 1 aromatic rings. The third-order valence-corrected chi connectivity index (χ3v) is 4.12. The molecule has 0 aliphatic carbocycles. The van der Waals surface area contributed by atoms with Gasteiger partial charge in [-0.3, -0.25) is 0 Å². The van der Waals surface area contributed by atoms with Crippen LogP contribution in [0.1, 0.15) is 0 Å². The van der Waals surface area contributed by atoms with E-state index in [0.29, 0.717) is 18.1 Å². The molecule has 0 spiro atoms. The van der Waals surface area contributed by atoms with E-state index in [0.717, 1.165) is 5.69 Å². The molecule has 0 atom stereocenters. The molecule has 1 rings (SSSR count). The van der Waals surface area contributed by atoms with Gasteiger partial charge in [0.05, 0.1) is 11.4 Å². The number of hydrogen-bond acceptors (Lipinski definition) is 3. The van der Waals surface area contributed by atoms with E-state index in [1.54, 1.807) is 18.4 Å². The van der Waals surface area contributed by atoms with Crippen molar-refractivity contribution in [3.63, 3.8) is 0 Å². The minimum atomic E-state index is -3.50. The Morgan fingerprint density at radius 2 is 2.06 bits per heavy atom. The zero-order valence-electron chi connectivity index (χ0n) is 8.71. The van der Waals surface area contributed by atoms with E-state index in [1.165, 1.54) is 12.1 Å². The molecule has 0 saturated heterocycles. The standard InChI is InChI=1S/C10H12N2O2S2/c1-3-8-11-9-4-6-10(7-5-9)16(13,14)12-15-2/h1,4-7,11,15H,8H2,2H3. The van der Waals surface area contributed by atoms with Crippen LogP contribution in [-0.4, -0.2) is 21.2 Å². The summed E-state index contributed by atoms with van der Waals surface area (Å²) in [4.78, 5) is 0.188. The lowest BCUT2D eigenvalue weighted by atomic mass is 10.3. The molecule has 0 unspecified atom stereocenters. The van der Waals surface area contributed by atoms with Gasteiger partial charge in [-0.1, -0.05) is 17.5 Å². The fraction of sp³-hybridized carbons (Fsp3) is 0.200. The van der Waals surface area contributed by atoms with E-state index in [4.69, 9.17) is 6.42 Å². The van der Waals surface area contributed by atoms with Gasteiger partial charge in [0.2, 0.25) is 0 Å². The largest absolute Gasteiger partial charge is 0.374 e. The van der Waals surface area contributed by atoms with Gasteiger partial charge in [0.15, 0.2) is 0 Å². The number of hydrogen-bond donors (Lipinski definition) is 2. The van der Waals surface area contributed by atoms with Crippen molar-refractivity contribution in [1.29, 1.82) is 0 Å². The molecule has 16 heavy (non-hydrogen) atoms. The number of nitrogens with one attached hydrogen (secondary N) is 1. The summed E-state index contributed by atoms with van der Waals surface area (Å²) in [5, 5.41) is 2.94. The van der Waals surface area contributed by atoms with Gasteiger partial charge in [-0.2, -0.15) is 8.42 Å². The first kappa shape index (κ1) is 12.7. The van der Waals surface area contributed by atoms with Crippen LogP contribution in [0.4, 0.5) is 5.69 Å². The molecule has 0 heterocycles. The number of anilines is 1. The SMILES string of the molecule is C#CCNc1ccc(S(=O)(=O)N=[SH]C)cc1. The zero-order chi connectivity index (χ0) is 12.0. The van der Waals surface area contributed by atoms with Gasteiger partial charge >= 0.3 is 0 Å². The van der Waals surface area contributed by atoms with E-state index in [1.807, 2.05) is 0 Å². The van der Waals surface area contributed by atoms with Crippen LogP contribution in [0.2, 0.25) is 0 Å². The number of thiol groups is 1. The Labute approximate surface area is 99.3 Å². The summed E-state index contributed by atoms with van der Waals surface area (Å²) in [7, 11) is -3.50. The Morgan fingerprint density at radius 1 is 1.44 bits per heavy atom. The molecule has 0 fully saturated rings. The third-order valence-electron chi connectivity index (χ3n) is 1.74. The molecule has 1 N–H and O–H groups in total. The zero-order valence-corrected chi connectivity index (χ0v) is 10.4. The first-order chi connectivity index (χ1) is 7.60. The van der Waals surface area contributed by atoms with Crippen LogP contribution in [0.15, 0.2) is 32.9 Å². The number of sulfonamides is 1. The van der Waals surface area contributed by atoms with E-state index < -0.39 is 10.0 Å². The van der Waals surface area contributed by atoms with Crippen LogP contribution in [0, 0.1) is 12.3 Å². The molecular weight excluding hydrogens is 244 g/mol. The van der Waals surface area contributed by atoms with Crippen molar-refractivity contribution in [3.8, 4) is 12.3 Å². The molecule has 0 radical (unpaired) electrons. The lowest BCUT2D eigenvalue weighted by Gasteiger charge is -2.03. The normalized spacial score (nSPS) is 11.8. The predicted molar refractivity (Wildman–Crippen MR) is 68.1 cm³/mol. The highest BCUT2D eigenvalue weighted by Crippen LogP contribution is 2.15. The monoisotopic (exact) mass is 256 g/mol. The number of rotatable bonds is 4. The second-order valence-corrected chi connectivity index (χ2v) is 5.31. The molecule has 0 aliphatic heterocycles. The maximum absolute atomic E-state index is 11.5. The van der Waals surface area contributed by atoms with Gasteiger partial charge in [-0.05, 0) is 30.5 Å². The average Bonchev–Trinajstić information content (AvgIpc) is 2.27. The van der Waals surface area contributed by atoms with Crippen LogP contribution in [0.5, 0.6) is 0 Å². The Balaban J connectivity index is 2.92. The van der Waals surface area contributed by atoms with Crippen LogP contribution < -0.4 is 5.32 Å². The highest BCUT2D eigenvalue weighted by molar-refractivity contribution is 7.94. The van der Waals surface area contributed by atoms with E-state index in [2.05, 4.69) is 15.0 Å². The minimum absolute atomic E-state index is 0.188. The molecule has 6 heteroatoms. The molecule has 0 saturated carbocycles. The summed E-state index contributed by atoms with van der Waals surface area (Å²) in [6.07, 6.45) is 6.74. The van der Waals surface area contributed by atoms with Gasteiger partial charge < -0.3 is 5.32 Å². The van der Waals surface area contributed by atoms with Crippen molar-refractivity contribution in [2.24, 2.45) is 3.77 Å². The van der Waals surface area contributed by atoms with Gasteiger partial charge in [0.1, 0.15) is 0 Å². The first-order valence-corrected chi connectivity index (χ1v) is 7.17. The second kappa shape index (κ2) is 5.68. The van der Waals surface area contributed by atoms with Crippen molar-refractivity contribution in [2.75, 3.05) is 18.1 Å². The van der Waals surface area contributed by atoms with Gasteiger partial charge in [0.25, 0.3) is 10.0 Å². The molecule has 1 aromatic carbocycles. The van der Waals surface area contributed by atoms with E-state index >= 15 is 0 Å². The second-order valence-electron chi connectivity index (χ2n) is 2.84. The fourth-order valence-electron chi connectivity index (χ4n) is 1.05. The third kappa shape index (κ3) is 3.36. The quantitative estimate of drug-likeness (QED) is 0.625. The summed E-state index contributed by atoms with van der Waals surface area (Å²) in [5.74, 6) is 2.43. The molecule has 0 aromatic heterocycles. The van der Waals surface area contributed by atoms with Crippen molar-refractivity contribution >= 4 is 27.3 Å². The molecule has 86 valence electrons. The van der Waals surface area contributed by atoms with E-state index in [9.17, 15) is 8.42 Å². The summed E-state index contributed by atoms with van der Waals surface area (Å²) in [6.45, 7) is 0.407. The molecular formula is C10H12N2O2S2. The highest BCUT2D eigenvalue weighted by Gasteiger charge is 2.10. The van der Waals surface area contributed by atoms with Gasteiger partial charge in [0, 0.05) is 5.69 Å². The fourth-order valence-corrected chi connectivity index (χ4v) is 2.77. The van der Waals surface area contributed by atoms with Crippen LogP contribution >= 0.6 is 0 Å². The smallest absolute Gasteiger partial charge is 0.287 e. The Hall–Kier alpha value is -1.32. The highest BCUT2D eigenvalue weighted by atomic mass is 32.2. The van der Waals surface area contributed by atoms with Crippen LogP contribution in [0.25, 0.3) is 0 Å². The molecule has 0 bridgehead atoms. The van der Waals surface area contributed by atoms with Crippen molar-refractivity contribution in [3.05, 3.63) is 24.3 Å². The lowest BCUT2D eigenvalue weighted by Crippen LogP contribution is -2.00. The van der Waals surface area contributed by atoms with Crippen molar-refractivity contribution in [2.45, 2.75) is 4.90 Å².